The zero-order valence-electron chi connectivity index (χ0n) is 16.2. The van der Waals surface area contributed by atoms with E-state index in [0.29, 0.717) is 5.69 Å². The lowest BCUT2D eigenvalue weighted by molar-refractivity contribution is -0.118. The van der Waals surface area contributed by atoms with Crippen LogP contribution in [0.25, 0.3) is 0 Å². The van der Waals surface area contributed by atoms with Gasteiger partial charge in [-0.2, -0.15) is 0 Å². The Morgan fingerprint density at radius 1 is 1.07 bits per heavy atom. The molecule has 0 aliphatic rings. The zero-order chi connectivity index (χ0) is 20.2. The van der Waals surface area contributed by atoms with Gasteiger partial charge in [0.15, 0.2) is 0 Å². The number of carbonyl (C=O) groups excluding carboxylic acids is 1. The Hall–Kier alpha value is -1.83. The lowest BCUT2D eigenvalue weighted by Crippen LogP contribution is -2.27. The first kappa shape index (κ1) is 21.5. The van der Waals surface area contributed by atoms with Crippen LogP contribution in [0.3, 0.4) is 0 Å². The van der Waals surface area contributed by atoms with Gasteiger partial charge in [0.05, 0.1) is 10.6 Å². The minimum atomic E-state index is -3.74. The molecule has 0 aliphatic carbocycles. The number of sulfonamides is 1. The van der Waals surface area contributed by atoms with Crippen molar-refractivity contribution in [1.29, 1.82) is 0 Å². The van der Waals surface area contributed by atoms with Crippen LogP contribution >= 0.6 is 11.8 Å². The number of amides is 1. The summed E-state index contributed by atoms with van der Waals surface area (Å²) in [5.41, 5.74) is 2.46. The molecule has 7 heteroatoms. The molecule has 0 heterocycles. The molecule has 0 aliphatic heterocycles. The molecule has 0 radical (unpaired) electrons. The van der Waals surface area contributed by atoms with E-state index in [2.05, 4.69) is 10.0 Å². The van der Waals surface area contributed by atoms with Crippen LogP contribution in [0.4, 0.5) is 5.69 Å². The third-order valence-electron chi connectivity index (χ3n) is 4.25. The van der Waals surface area contributed by atoms with Crippen molar-refractivity contribution >= 4 is 33.4 Å². The standard InChI is InChI=1S/C20H26N2O3S2/c1-13(2)20(23)21-18-12-16(10-11-19(18)26-5)27(24,25)22-15(4)17-9-7-6-8-14(17)3/h6-13,15,22H,1-5H3,(H,21,23). The van der Waals surface area contributed by atoms with Crippen LogP contribution in [-0.2, 0) is 14.8 Å². The fourth-order valence-electron chi connectivity index (χ4n) is 2.67. The number of rotatable bonds is 7. The van der Waals surface area contributed by atoms with Gasteiger partial charge in [0, 0.05) is 16.9 Å². The van der Waals surface area contributed by atoms with Crippen LogP contribution in [0, 0.1) is 12.8 Å². The van der Waals surface area contributed by atoms with Gasteiger partial charge in [0.1, 0.15) is 0 Å². The highest BCUT2D eigenvalue weighted by Gasteiger charge is 2.21. The smallest absolute Gasteiger partial charge is 0.241 e. The maximum Gasteiger partial charge on any atom is 0.241 e. The molecule has 0 aromatic heterocycles. The highest BCUT2D eigenvalue weighted by Crippen LogP contribution is 2.29. The van der Waals surface area contributed by atoms with Gasteiger partial charge in [0.2, 0.25) is 15.9 Å². The molecule has 0 fully saturated rings. The summed E-state index contributed by atoms with van der Waals surface area (Å²) in [5.74, 6) is -0.347. The van der Waals surface area contributed by atoms with Crippen molar-refractivity contribution < 1.29 is 13.2 Å². The Bertz CT molecular complexity index is 925. The van der Waals surface area contributed by atoms with Crippen molar-refractivity contribution in [2.24, 2.45) is 5.92 Å². The predicted molar refractivity (Wildman–Crippen MR) is 112 cm³/mol. The summed E-state index contributed by atoms with van der Waals surface area (Å²) in [5, 5.41) is 2.82. The van der Waals surface area contributed by atoms with Crippen molar-refractivity contribution in [3.8, 4) is 0 Å². The molecule has 0 spiro atoms. The van der Waals surface area contributed by atoms with E-state index >= 15 is 0 Å². The summed E-state index contributed by atoms with van der Waals surface area (Å²) in [6, 6.07) is 12.1. The average molecular weight is 407 g/mol. The van der Waals surface area contributed by atoms with Crippen LogP contribution in [-0.4, -0.2) is 20.6 Å². The van der Waals surface area contributed by atoms with Crippen molar-refractivity contribution in [3.63, 3.8) is 0 Å². The Morgan fingerprint density at radius 3 is 2.33 bits per heavy atom. The minimum absolute atomic E-state index is 0.125. The van der Waals surface area contributed by atoms with Gasteiger partial charge in [-0.15, -0.1) is 11.8 Å². The van der Waals surface area contributed by atoms with Gasteiger partial charge >= 0.3 is 0 Å². The molecule has 146 valence electrons. The van der Waals surface area contributed by atoms with Crippen molar-refractivity contribution in [3.05, 3.63) is 53.6 Å². The second-order valence-corrected chi connectivity index (χ2v) is 9.27. The Labute approximate surface area is 166 Å². The maximum absolute atomic E-state index is 12.9. The SMILES string of the molecule is CSc1ccc(S(=O)(=O)NC(C)c2ccccc2C)cc1NC(=O)C(C)C. The molecule has 5 nitrogen and oxygen atoms in total. The maximum atomic E-state index is 12.9. The summed E-state index contributed by atoms with van der Waals surface area (Å²) in [7, 11) is -3.74. The summed E-state index contributed by atoms with van der Waals surface area (Å²) in [4.78, 5) is 13.0. The molecular weight excluding hydrogens is 380 g/mol. The number of benzene rings is 2. The minimum Gasteiger partial charge on any atom is -0.325 e. The first-order chi connectivity index (χ1) is 12.7. The van der Waals surface area contributed by atoms with Gasteiger partial charge in [-0.1, -0.05) is 38.1 Å². The molecule has 1 amide bonds. The van der Waals surface area contributed by atoms with Gasteiger partial charge in [-0.3, -0.25) is 4.79 Å². The fourth-order valence-corrected chi connectivity index (χ4v) is 4.45. The monoisotopic (exact) mass is 406 g/mol. The van der Waals surface area contributed by atoms with E-state index < -0.39 is 10.0 Å². The third-order valence-corrected chi connectivity index (χ3v) is 6.58. The lowest BCUT2D eigenvalue weighted by atomic mass is 10.0. The van der Waals surface area contributed by atoms with Crippen LogP contribution in [0.1, 0.15) is 37.9 Å². The molecule has 2 N–H and O–H groups in total. The number of hydrogen-bond acceptors (Lipinski definition) is 4. The molecule has 27 heavy (non-hydrogen) atoms. The molecule has 1 unspecified atom stereocenters. The van der Waals surface area contributed by atoms with E-state index in [9.17, 15) is 13.2 Å². The number of hydrogen-bond donors (Lipinski definition) is 2. The third kappa shape index (κ3) is 5.34. The fraction of sp³-hybridized carbons (Fsp3) is 0.350. The average Bonchev–Trinajstić information content (AvgIpc) is 2.61. The van der Waals surface area contributed by atoms with E-state index in [-0.39, 0.29) is 22.8 Å². The zero-order valence-corrected chi connectivity index (χ0v) is 17.9. The predicted octanol–water partition coefficient (Wildman–Crippen LogP) is 4.35. The summed E-state index contributed by atoms with van der Waals surface area (Å²) in [6.07, 6.45) is 1.88. The van der Waals surface area contributed by atoms with Crippen LogP contribution < -0.4 is 10.0 Å². The van der Waals surface area contributed by atoms with Gasteiger partial charge in [-0.25, -0.2) is 13.1 Å². The van der Waals surface area contributed by atoms with Crippen molar-refractivity contribution in [2.75, 3.05) is 11.6 Å². The highest BCUT2D eigenvalue weighted by molar-refractivity contribution is 7.98. The largest absolute Gasteiger partial charge is 0.325 e. The van der Waals surface area contributed by atoms with Crippen LogP contribution in [0.15, 0.2) is 52.3 Å². The molecule has 0 bridgehead atoms. The van der Waals surface area contributed by atoms with E-state index in [1.807, 2.05) is 44.4 Å². The van der Waals surface area contributed by atoms with Crippen LogP contribution in [0.5, 0.6) is 0 Å². The Balaban J connectivity index is 2.32. The normalized spacial score (nSPS) is 12.8. The topological polar surface area (TPSA) is 75.3 Å². The Morgan fingerprint density at radius 2 is 1.74 bits per heavy atom. The number of aryl methyl sites for hydroxylation is 1. The second-order valence-electron chi connectivity index (χ2n) is 6.71. The van der Waals surface area contributed by atoms with Gasteiger partial charge in [-0.05, 0) is 49.4 Å². The van der Waals surface area contributed by atoms with E-state index in [1.54, 1.807) is 26.0 Å². The number of nitrogens with one attached hydrogen (secondary N) is 2. The van der Waals surface area contributed by atoms with Crippen LogP contribution in [0.2, 0.25) is 0 Å². The van der Waals surface area contributed by atoms with Crippen molar-refractivity contribution in [2.45, 2.75) is 43.5 Å². The highest BCUT2D eigenvalue weighted by atomic mass is 32.2. The first-order valence-electron chi connectivity index (χ1n) is 8.72. The number of anilines is 1. The van der Waals surface area contributed by atoms with Crippen molar-refractivity contribution in [1.82, 2.24) is 4.72 Å². The molecule has 1 atom stereocenters. The first-order valence-corrected chi connectivity index (χ1v) is 11.4. The molecule has 2 rings (SSSR count). The van der Waals surface area contributed by atoms with E-state index in [1.165, 1.54) is 17.8 Å². The lowest BCUT2D eigenvalue weighted by Gasteiger charge is -2.18. The van der Waals surface area contributed by atoms with E-state index in [4.69, 9.17) is 0 Å². The summed E-state index contributed by atoms with van der Waals surface area (Å²) >= 11 is 1.45. The second kappa shape index (κ2) is 8.91. The molecule has 2 aromatic rings. The van der Waals surface area contributed by atoms with E-state index in [0.717, 1.165) is 16.0 Å². The summed E-state index contributed by atoms with van der Waals surface area (Å²) < 4.78 is 28.5. The quantitative estimate of drug-likeness (QED) is 0.670. The number of thioether (sulfide) groups is 1. The molecule has 0 saturated heterocycles. The molecular formula is C20H26N2O3S2. The Kier molecular flexibility index (Phi) is 7.08. The summed E-state index contributed by atoms with van der Waals surface area (Å²) in [6.45, 7) is 7.35. The number of carbonyl (C=O) groups is 1. The molecule has 0 saturated carbocycles. The van der Waals surface area contributed by atoms with Gasteiger partial charge in [0.25, 0.3) is 0 Å². The van der Waals surface area contributed by atoms with Gasteiger partial charge < -0.3 is 5.32 Å². The molecule has 2 aromatic carbocycles.